The molecule has 1 aliphatic heterocycles. The fraction of sp³-hybridized carbons (Fsp3) is 0.462. The first kappa shape index (κ1) is 11.9. The van der Waals surface area contributed by atoms with Gasteiger partial charge in [0.2, 0.25) is 0 Å². The van der Waals surface area contributed by atoms with E-state index in [1.54, 1.807) is 6.07 Å². The third-order valence-corrected chi connectivity index (χ3v) is 2.95. The van der Waals surface area contributed by atoms with Crippen molar-refractivity contribution >= 4 is 11.7 Å². The zero-order valence-electron chi connectivity index (χ0n) is 9.94. The zero-order chi connectivity index (χ0) is 12.3. The highest BCUT2D eigenvalue weighted by Crippen LogP contribution is 2.20. The van der Waals surface area contributed by atoms with E-state index in [0.717, 1.165) is 18.4 Å². The average molecular weight is 235 g/mol. The van der Waals surface area contributed by atoms with Crippen molar-refractivity contribution in [1.29, 1.82) is 0 Å². The van der Waals surface area contributed by atoms with Gasteiger partial charge in [0, 0.05) is 18.5 Å². The summed E-state index contributed by atoms with van der Waals surface area (Å²) in [4.78, 5) is 12.0. The quantitative estimate of drug-likeness (QED) is 0.628. The third-order valence-electron chi connectivity index (χ3n) is 2.95. The smallest absolute Gasteiger partial charge is 0.340 e. The summed E-state index contributed by atoms with van der Waals surface area (Å²) < 4.78 is 10.7. The molecule has 4 nitrogen and oxygen atoms in total. The third kappa shape index (κ3) is 2.77. The number of hydrogen-bond donors (Lipinski definition) is 1. The van der Waals surface area contributed by atoms with Crippen LogP contribution in [0.1, 0.15) is 28.8 Å². The first-order valence-corrected chi connectivity index (χ1v) is 5.82. The molecule has 0 aliphatic carbocycles. The summed E-state index contributed by atoms with van der Waals surface area (Å²) in [5.74, 6) is -0.326. The molecule has 0 atom stereocenters. The van der Waals surface area contributed by atoms with Crippen LogP contribution in [-0.2, 0) is 9.47 Å². The largest absolute Gasteiger partial charge is 0.459 e. The molecule has 0 saturated carbocycles. The van der Waals surface area contributed by atoms with Crippen molar-refractivity contribution in [3.05, 3.63) is 29.3 Å². The molecule has 0 aromatic heterocycles. The lowest BCUT2D eigenvalue weighted by Crippen LogP contribution is -2.26. The molecule has 1 aromatic carbocycles. The molecule has 0 bridgehead atoms. The van der Waals surface area contributed by atoms with Crippen LogP contribution in [0.25, 0.3) is 0 Å². The van der Waals surface area contributed by atoms with E-state index in [2.05, 4.69) is 0 Å². The van der Waals surface area contributed by atoms with Gasteiger partial charge in [0.1, 0.15) is 6.10 Å². The van der Waals surface area contributed by atoms with Crippen molar-refractivity contribution in [2.75, 3.05) is 18.9 Å². The second-order valence-electron chi connectivity index (χ2n) is 4.26. The topological polar surface area (TPSA) is 61.6 Å². The fourth-order valence-corrected chi connectivity index (χ4v) is 1.97. The van der Waals surface area contributed by atoms with E-state index in [4.69, 9.17) is 15.2 Å². The number of hydrogen-bond acceptors (Lipinski definition) is 4. The molecule has 1 heterocycles. The van der Waals surface area contributed by atoms with Gasteiger partial charge in [0.25, 0.3) is 0 Å². The molecule has 17 heavy (non-hydrogen) atoms. The SMILES string of the molecule is Cc1cccc(N)c1C(=O)OC1CCOCC1. The molecule has 2 rings (SSSR count). The Bertz CT molecular complexity index is 391. The molecule has 2 N–H and O–H groups in total. The molecule has 1 aliphatic rings. The Balaban J connectivity index is 2.08. The van der Waals surface area contributed by atoms with Crippen molar-refractivity contribution in [3.63, 3.8) is 0 Å². The standard InChI is InChI=1S/C13H17NO3/c1-9-3-2-4-11(14)12(9)13(15)17-10-5-7-16-8-6-10/h2-4,10H,5-8,14H2,1H3. The second-order valence-corrected chi connectivity index (χ2v) is 4.26. The molecule has 0 amide bonds. The first-order valence-electron chi connectivity index (χ1n) is 5.82. The van der Waals surface area contributed by atoms with Crippen molar-refractivity contribution in [1.82, 2.24) is 0 Å². The maximum Gasteiger partial charge on any atom is 0.340 e. The zero-order valence-corrected chi connectivity index (χ0v) is 9.94. The Hall–Kier alpha value is -1.55. The van der Waals surface area contributed by atoms with Gasteiger partial charge in [-0.15, -0.1) is 0 Å². The molecule has 4 heteroatoms. The summed E-state index contributed by atoms with van der Waals surface area (Å²) >= 11 is 0. The predicted molar refractivity (Wildman–Crippen MR) is 64.8 cm³/mol. The summed E-state index contributed by atoms with van der Waals surface area (Å²) in [5, 5.41) is 0. The van der Waals surface area contributed by atoms with E-state index >= 15 is 0 Å². The van der Waals surface area contributed by atoms with E-state index in [0.29, 0.717) is 24.5 Å². The van der Waals surface area contributed by atoms with Gasteiger partial charge < -0.3 is 15.2 Å². The maximum absolute atomic E-state index is 12.0. The van der Waals surface area contributed by atoms with Gasteiger partial charge >= 0.3 is 5.97 Å². The average Bonchev–Trinajstić information content (AvgIpc) is 2.30. The van der Waals surface area contributed by atoms with E-state index in [9.17, 15) is 4.79 Å². The highest BCUT2D eigenvalue weighted by molar-refractivity contribution is 5.96. The summed E-state index contributed by atoms with van der Waals surface area (Å²) in [5.41, 5.74) is 7.61. The van der Waals surface area contributed by atoms with Gasteiger partial charge in [-0.3, -0.25) is 0 Å². The molecule has 0 radical (unpaired) electrons. The number of carbonyl (C=O) groups is 1. The van der Waals surface area contributed by atoms with Crippen LogP contribution in [0.2, 0.25) is 0 Å². The molecule has 1 aromatic rings. The number of carbonyl (C=O) groups excluding carboxylic acids is 1. The van der Waals surface area contributed by atoms with Crippen LogP contribution in [0.3, 0.4) is 0 Å². The van der Waals surface area contributed by atoms with E-state index in [1.807, 2.05) is 19.1 Å². The molecule has 1 saturated heterocycles. The lowest BCUT2D eigenvalue weighted by molar-refractivity contribution is -0.0158. The number of ether oxygens (including phenoxy) is 2. The van der Waals surface area contributed by atoms with Crippen molar-refractivity contribution in [3.8, 4) is 0 Å². The Morgan fingerprint density at radius 3 is 2.76 bits per heavy atom. The fourth-order valence-electron chi connectivity index (χ4n) is 1.97. The van der Waals surface area contributed by atoms with Gasteiger partial charge in [-0.2, -0.15) is 0 Å². The van der Waals surface area contributed by atoms with Gasteiger partial charge in [-0.25, -0.2) is 4.79 Å². The van der Waals surface area contributed by atoms with Crippen LogP contribution in [0.5, 0.6) is 0 Å². The summed E-state index contributed by atoms with van der Waals surface area (Å²) in [7, 11) is 0. The molecule has 92 valence electrons. The molecule has 0 spiro atoms. The molecule has 0 unspecified atom stereocenters. The normalized spacial score (nSPS) is 16.8. The lowest BCUT2D eigenvalue weighted by atomic mass is 10.1. The first-order chi connectivity index (χ1) is 8.18. The van der Waals surface area contributed by atoms with Crippen LogP contribution < -0.4 is 5.73 Å². The minimum atomic E-state index is -0.326. The van der Waals surface area contributed by atoms with E-state index in [-0.39, 0.29) is 12.1 Å². The van der Waals surface area contributed by atoms with Gasteiger partial charge in [-0.1, -0.05) is 12.1 Å². The number of benzene rings is 1. The molecule has 1 fully saturated rings. The summed E-state index contributed by atoms with van der Waals surface area (Å²) in [6, 6.07) is 5.40. The highest BCUT2D eigenvalue weighted by atomic mass is 16.6. The maximum atomic E-state index is 12.0. The minimum Gasteiger partial charge on any atom is -0.459 e. The second kappa shape index (κ2) is 5.19. The molecular formula is C13H17NO3. The van der Waals surface area contributed by atoms with E-state index in [1.165, 1.54) is 0 Å². The Labute approximate surface area is 101 Å². The number of nitrogen functional groups attached to an aromatic ring is 1. The Morgan fingerprint density at radius 1 is 1.41 bits per heavy atom. The van der Waals surface area contributed by atoms with Crippen molar-refractivity contribution < 1.29 is 14.3 Å². The van der Waals surface area contributed by atoms with Crippen LogP contribution in [-0.4, -0.2) is 25.3 Å². The monoisotopic (exact) mass is 235 g/mol. The highest BCUT2D eigenvalue weighted by Gasteiger charge is 2.21. The lowest BCUT2D eigenvalue weighted by Gasteiger charge is -2.22. The van der Waals surface area contributed by atoms with Crippen molar-refractivity contribution in [2.45, 2.75) is 25.9 Å². The Kier molecular flexibility index (Phi) is 3.64. The predicted octanol–water partition coefficient (Wildman–Crippen LogP) is 1.91. The van der Waals surface area contributed by atoms with Crippen LogP contribution in [0, 0.1) is 6.92 Å². The van der Waals surface area contributed by atoms with Crippen LogP contribution >= 0.6 is 0 Å². The Morgan fingerprint density at radius 2 is 2.12 bits per heavy atom. The number of anilines is 1. The number of aryl methyl sites for hydroxylation is 1. The number of nitrogens with two attached hydrogens (primary N) is 1. The van der Waals surface area contributed by atoms with Gasteiger partial charge in [-0.05, 0) is 18.6 Å². The summed E-state index contributed by atoms with van der Waals surface area (Å²) in [6.07, 6.45) is 1.48. The molecular weight excluding hydrogens is 218 g/mol. The van der Waals surface area contributed by atoms with Gasteiger partial charge in [0.15, 0.2) is 0 Å². The van der Waals surface area contributed by atoms with E-state index < -0.39 is 0 Å². The minimum absolute atomic E-state index is 0.0461. The van der Waals surface area contributed by atoms with Crippen molar-refractivity contribution in [2.24, 2.45) is 0 Å². The van der Waals surface area contributed by atoms with Crippen LogP contribution in [0.15, 0.2) is 18.2 Å². The van der Waals surface area contributed by atoms with Crippen LogP contribution in [0.4, 0.5) is 5.69 Å². The van der Waals surface area contributed by atoms with Gasteiger partial charge in [0.05, 0.1) is 18.8 Å². The number of esters is 1. The number of rotatable bonds is 2. The summed E-state index contributed by atoms with van der Waals surface area (Å²) in [6.45, 7) is 3.17.